The molecule has 3 rings (SSSR count). The van der Waals surface area contributed by atoms with Crippen LogP contribution in [0.4, 0.5) is 0 Å². The highest BCUT2D eigenvalue weighted by molar-refractivity contribution is 9.10. The second-order valence-corrected chi connectivity index (χ2v) is 13.0. The highest BCUT2D eigenvalue weighted by Gasteiger charge is 2.63. The van der Waals surface area contributed by atoms with Gasteiger partial charge in [0.15, 0.2) is 0 Å². The van der Waals surface area contributed by atoms with Crippen LogP contribution in [-0.2, 0) is 32.2 Å². The lowest BCUT2D eigenvalue weighted by molar-refractivity contribution is 0.00578. The zero-order valence-corrected chi connectivity index (χ0v) is 24.0. The molecule has 11 heteroatoms. The fourth-order valence-electron chi connectivity index (χ4n) is 3.15. The van der Waals surface area contributed by atoms with E-state index in [2.05, 4.69) is 15.9 Å². The SMILES string of the molecule is C.CC1(C)OB(B2OC(C)(C)C(C)(C)O2)OC1(C)C.CCOP(=O)(OCC)c1ccc(Br)cc1. The molecule has 7 nitrogen and oxygen atoms in total. The molecule has 0 bridgehead atoms. The molecular weight excluding hydrogens is 521 g/mol. The molecule has 1 aromatic rings. The second-order valence-electron chi connectivity index (χ2n) is 10.1. The average molecular weight is 563 g/mol. The van der Waals surface area contributed by atoms with Crippen LogP contribution >= 0.6 is 23.5 Å². The van der Waals surface area contributed by atoms with Gasteiger partial charge in [-0.15, -0.1) is 0 Å². The zero-order chi connectivity index (χ0) is 25.3. The maximum Gasteiger partial charge on any atom is 0.488 e. The topological polar surface area (TPSA) is 72.5 Å². The van der Waals surface area contributed by atoms with Crippen LogP contribution in [0.5, 0.6) is 0 Å². The van der Waals surface area contributed by atoms with Crippen LogP contribution < -0.4 is 5.30 Å². The third kappa shape index (κ3) is 6.98. The van der Waals surface area contributed by atoms with Crippen molar-refractivity contribution in [3.63, 3.8) is 0 Å². The predicted molar refractivity (Wildman–Crippen MR) is 144 cm³/mol. The molecule has 0 spiro atoms. The number of rotatable bonds is 6. The molecule has 2 saturated heterocycles. The first-order chi connectivity index (χ1) is 15.0. The standard InChI is InChI=1S/C12H24B2O4.C10H14BrO3P.CH4/c1-9(2)10(3,4)16-13(15-9)14-17-11(5,6)12(7,8)18-14;1-3-13-15(12,14-4-2)10-7-5-9(11)6-8-10;/h1-8H3;5-8H,3-4H2,1-2H3;1H4. The van der Waals surface area contributed by atoms with Gasteiger partial charge in [-0.2, -0.15) is 0 Å². The number of halogens is 1. The van der Waals surface area contributed by atoms with Crippen molar-refractivity contribution in [3.8, 4) is 0 Å². The van der Waals surface area contributed by atoms with Gasteiger partial charge in [0, 0.05) is 4.47 Å². The van der Waals surface area contributed by atoms with Gasteiger partial charge in [-0.1, -0.05) is 23.4 Å². The average Bonchev–Trinajstić information content (AvgIpc) is 3.03. The Bertz CT molecular complexity index is 770. The second kappa shape index (κ2) is 11.5. The van der Waals surface area contributed by atoms with E-state index < -0.39 is 21.6 Å². The minimum atomic E-state index is -3.11. The Morgan fingerprint density at radius 2 is 1.03 bits per heavy atom. The van der Waals surface area contributed by atoms with E-state index in [1.54, 1.807) is 26.0 Å². The molecule has 0 aliphatic carbocycles. The van der Waals surface area contributed by atoms with Gasteiger partial charge in [-0.25, -0.2) is 0 Å². The molecule has 194 valence electrons. The lowest BCUT2D eigenvalue weighted by Gasteiger charge is -2.32. The quantitative estimate of drug-likeness (QED) is 0.301. The Labute approximate surface area is 215 Å². The molecule has 0 aromatic heterocycles. The van der Waals surface area contributed by atoms with E-state index >= 15 is 0 Å². The molecule has 0 amide bonds. The highest BCUT2D eigenvalue weighted by atomic mass is 79.9. The summed E-state index contributed by atoms with van der Waals surface area (Å²) in [6.07, 6.45) is 0. The predicted octanol–water partition coefficient (Wildman–Crippen LogP) is 6.23. The third-order valence-electron chi connectivity index (χ3n) is 6.51. The van der Waals surface area contributed by atoms with E-state index in [1.165, 1.54) is 0 Å². The molecule has 2 fully saturated rings. The summed E-state index contributed by atoms with van der Waals surface area (Å²) in [7, 11) is -4.06. The van der Waals surface area contributed by atoms with Crippen LogP contribution in [0.2, 0.25) is 0 Å². The van der Waals surface area contributed by atoms with Gasteiger partial charge in [0.05, 0.1) is 40.9 Å². The minimum absolute atomic E-state index is 0. The fourth-order valence-corrected chi connectivity index (χ4v) is 4.98. The molecule has 2 aliphatic heterocycles. The Kier molecular flexibility index (Phi) is 10.7. The first kappa shape index (κ1) is 31.8. The summed E-state index contributed by atoms with van der Waals surface area (Å²) in [5, 5.41) is 0.592. The molecule has 2 aliphatic rings. The summed E-state index contributed by atoms with van der Waals surface area (Å²) in [6, 6.07) is 7.13. The number of benzene rings is 1. The van der Waals surface area contributed by atoms with E-state index in [4.69, 9.17) is 27.7 Å². The van der Waals surface area contributed by atoms with Crippen molar-refractivity contribution in [3.05, 3.63) is 28.7 Å². The Morgan fingerprint density at radius 1 is 0.735 bits per heavy atom. The van der Waals surface area contributed by atoms with Crippen molar-refractivity contribution in [2.45, 2.75) is 99.1 Å². The van der Waals surface area contributed by atoms with E-state index in [1.807, 2.05) is 67.5 Å². The van der Waals surface area contributed by atoms with Crippen molar-refractivity contribution in [1.29, 1.82) is 0 Å². The van der Waals surface area contributed by atoms with E-state index in [9.17, 15) is 4.57 Å². The maximum absolute atomic E-state index is 12.3. The molecule has 0 atom stereocenters. The van der Waals surface area contributed by atoms with Gasteiger partial charge in [-0.3, -0.25) is 4.57 Å². The molecule has 34 heavy (non-hydrogen) atoms. The monoisotopic (exact) mass is 562 g/mol. The van der Waals surface area contributed by atoms with Crippen molar-refractivity contribution in [2.75, 3.05) is 13.2 Å². The van der Waals surface area contributed by atoms with Crippen LogP contribution in [0.15, 0.2) is 28.7 Å². The van der Waals surface area contributed by atoms with Crippen LogP contribution in [0.1, 0.15) is 76.7 Å². The first-order valence-corrected chi connectivity index (χ1v) is 13.7. The van der Waals surface area contributed by atoms with E-state index in [0.717, 1.165) is 4.47 Å². The van der Waals surface area contributed by atoms with Crippen LogP contribution in [-0.4, -0.2) is 49.6 Å². The van der Waals surface area contributed by atoms with Crippen molar-refractivity contribution >= 4 is 42.8 Å². The van der Waals surface area contributed by atoms with Crippen molar-refractivity contribution < 1.29 is 32.2 Å². The number of hydrogen-bond acceptors (Lipinski definition) is 7. The Hall–Kier alpha value is -0.180. The summed E-state index contributed by atoms with van der Waals surface area (Å²) in [4.78, 5) is 0. The molecule has 1 aromatic carbocycles. The first-order valence-electron chi connectivity index (χ1n) is 11.4. The zero-order valence-electron chi connectivity index (χ0n) is 21.6. The fraction of sp³-hybridized carbons (Fsp3) is 0.739. The van der Waals surface area contributed by atoms with Gasteiger partial charge < -0.3 is 27.7 Å². The largest absolute Gasteiger partial charge is 0.488 e. The van der Waals surface area contributed by atoms with Crippen molar-refractivity contribution in [2.24, 2.45) is 0 Å². The van der Waals surface area contributed by atoms with Crippen LogP contribution in [0, 0.1) is 0 Å². The van der Waals surface area contributed by atoms with Gasteiger partial charge >= 0.3 is 21.6 Å². The summed E-state index contributed by atoms with van der Waals surface area (Å²) >= 11 is 3.32. The van der Waals surface area contributed by atoms with Gasteiger partial charge in [0.2, 0.25) is 0 Å². The summed E-state index contributed by atoms with van der Waals surface area (Å²) in [5.74, 6) is 0. The maximum atomic E-state index is 12.3. The van der Waals surface area contributed by atoms with Crippen molar-refractivity contribution in [1.82, 2.24) is 0 Å². The summed E-state index contributed by atoms with van der Waals surface area (Å²) < 4.78 is 47.5. The molecule has 0 radical (unpaired) electrons. The Morgan fingerprint density at radius 3 is 1.29 bits per heavy atom. The van der Waals surface area contributed by atoms with E-state index in [0.29, 0.717) is 18.5 Å². The van der Waals surface area contributed by atoms with Crippen LogP contribution in [0.25, 0.3) is 0 Å². The lowest BCUT2D eigenvalue weighted by atomic mass is 9.49. The highest BCUT2D eigenvalue weighted by Crippen LogP contribution is 2.47. The van der Waals surface area contributed by atoms with Crippen LogP contribution in [0.3, 0.4) is 0 Å². The lowest BCUT2D eigenvalue weighted by Crippen LogP contribution is -2.41. The molecule has 0 N–H and O–H groups in total. The molecule has 0 saturated carbocycles. The van der Waals surface area contributed by atoms with E-state index in [-0.39, 0.29) is 29.8 Å². The van der Waals surface area contributed by atoms with Gasteiger partial charge in [0.25, 0.3) is 0 Å². The molecule has 0 unspecified atom stereocenters. The Balaban J connectivity index is 0.000000336. The smallest absolute Gasteiger partial charge is 0.405 e. The third-order valence-corrected chi connectivity index (χ3v) is 9.16. The van der Waals surface area contributed by atoms with Gasteiger partial charge in [-0.05, 0) is 93.5 Å². The summed E-state index contributed by atoms with van der Waals surface area (Å²) in [6.45, 7) is 20.5. The van der Waals surface area contributed by atoms with Gasteiger partial charge in [0.1, 0.15) is 0 Å². The molecular formula is C23H42B2BrO7P. The summed E-state index contributed by atoms with van der Waals surface area (Å²) in [5.41, 5.74) is -1.44. The normalized spacial score (nSPS) is 22.1. The minimum Gasteiger partial charge on any atom is -0.405 e. The molecule has 2 heterocycles. The number of hydrogen-bond donors (Lipinski definition) is 0.